The van der Waals surface area contributed by atoms with Crippen molar-refractivity contribution in [3.63, 3.8) is 0 Å². The Bertz CT molecular complexity index is 805. The van der Waals surface area contributed by atoms with Gasteiger partial charge in [-0.3, -0.25) is 9.87 Å². The quantitative estimate of drug-likeness (QED) is 0.480. The van der Waals surface area contributed by atoms with Crippen LogP contribution in [0.25, 0.3) is 0 Å². The molecule has 14 heteroatoms. The van der Waals surface area contributed by atoms with Gasteiger partial charge in [0, 0.05) is 25.8 Å². The molecule has 2 unspecified atom stereocenters. The van der Waals surface area contributed by atoms with E-state index in [-0.39, 0.29) is 17.9 Å². The largest absolute Gasteiger partial charge is 0.450 e. The second-order valence-electron chi connectivity index (χ2n) is 7.35. The summed E-state index contributed by atoms with van der Waals surface area (Å²) < 4.78 is 54.1. The van der Waals surface area contributed by atoms with Crippen molar-refractivity contribution in [2.24, 2.45) is 4.99 Å². The van der Waals surface area contributed by atoms with Crippen LogP contribution in [0.5, 0.6) is 0 Å². The molecule has 0 saturated carbocycles. The molecule has 0 aromatic carbocycles. The molecule has 3 rings (SSSR count). The van der Waals surface area contributed by atoms with Gasteiger partial charge in [0.05, 0.1) is 19.8 Å². The summed E-state index contributed by atoms with van der Waals surface area (Å²) >= 11 is 0. The first-order valence-electron chi connectivity index (χ1n) is 10.4. The average molecular weight is 481 g/mol. The van der Waals surface area contributed by atoms with Crippen molar-refractivity contribution in [2.45, 2.75) is 51.3 Å². The van der Waals surface area contributed by atoms with Crippen molar-refractivity contribution >= 4 is 22.3 Å². The number of aliphatic imine (C=N–C) groups is 1. The first-order chi connectivity index (χ1) is 14.8. The molecule has 13 nitrogen and oxygen atoms in total. The zero-order valence-corrected chi connectivity index (χ0v) is 19.1. The number of carbonyl (C=O) groups is 1. The molecule has 0 spiro atoms. The van der Waals surface area contributed by atoms with Gasteiger partial charge in [-0.15, -0.1) is 4.28 Å². The van der Waals surface area contributed by atoms with Gasteiger partial charge in [0.15, 0.2) is 12.0 Å². The molecule has 2 atom stereocenters. The minimum Gasteiger partial charge on any atom is -0.450 e. The van der Waals surface area contributed by atoms with Crippen LogP contribution in [0.4, 0.5) is 4.79 Å². The first kappa shape index (κ1) is 26.3. The number of amidine groups is 1. The Morgan fingerprint density at radius 1 is 1.31 bits per heavy atom. The summed E-state index contributed by atoms with van der Waals surface area (Å²) in [7, 11) is -4.92. The molecule has 3 aliphatic heterocycles. The summed E-state index contributed by atoms with van der Waals surface area (Å²) in [5.41, 5.74) is -0.941. The lowest BCUT2D eigenvalue weighted by molar-refractivity contribution is -0.0815. The van der Waals surface area contributed by atoms with Crippen LogP contribution in [-0.4, -0.2) is 91.6 Å². The molecule has 0 aliphatic carbocycles. The topological polar surface area (TPSA) is 171 Å². The molecule has 2 fully saturated rings. The lowest BCUT2D eigenvalue weighted by atomic mass is 9.89. The Hall–Kier alpha value is -1.97. The molecule has 0 aromatic heterocycles. The van der Waals surface area contributed by atoms with Gasteiger partial charge in [-0.05, 0) is 32.6 Å². The monoisotopic (exact) mass is 480 g/mol. The summed E-state index contributed by atoms with van der Waals surface area (Å²) in [6.07, 6.45) is 2.44. The van der Waals surface area contributed by atoms with E-state index in [1.807, 2.05) is 11.8 Å². The Labute approximate surface area is 187 Å². The number of carbonyl (C=O) groups excluding carboxylic acids is 1. The van der Waals surface area contributed by atoms with Gasteiger partial charge in [0.1, 0.15) is 11.4 Å². The van der Waals surface area contributed by atoms with E-state index in [2.05, 4.69) is 5.32 Å². The van der Waals surface area contributed by atoms with Gasteiger partial charge in [-0.25, -0.2) is 9.79 Å². The van der Waals surface area contributed by atoms with E-state index in [1.165, 1.54) is 0 Å². The minimum absolute atomic E-state index is 0. The summed E-state index contributed by atoms with van der Waals surface area (Å²) in [5.74, 6) is 0.690. The fourth-order valence-electron chi connectivity index (χ4n) is 3.85. The van der Waals surface area contributed by atoms with E-state index in [0.717, 1.165) is 17.9 Å². The maximum absolute atomic E-state index is 12.2. The highest BCUT2D eigenvalue weighted by Crippen LogP contribution is 2.35. The number of hydrogen-bond donors (Lipinski definition) is 2. The summed E-state index contributed by atoms with van der Waals surface area (Å²) in [6.45, 7) is 6.33. The standard InChI is InChI=1S/C18H30N4O8S.H2O/c1-3-18(7-5-6-10-29-18)16-19-14(21-8-11-27-12-9-21)13-15(20-17(23)28-4-2)22(16)30-31(24,25)26;/h13,15H,3-12H2,1-2H3,(H,20,23)(H,24,25,26);1H2. The normalized spacial score (nSPS) is 26.5. The van der Waals surface area contributed by atoms with Crippen LogP contribution in [0.3, 0.4) is 0 Å². The minimum atomic E-state index is -4.92. The third-order valence-corrected chi connectivity index (χ3v) is 5.72. The highest BCUT2D eigenvalue weighted by atomic mass is 32.3. The van der Waals surface area contributed by atoms with Crippen LogP contribution < -0.4 is 5.32 Å². The molecule has 32 heavy (non-hydrogen) atoms. The predicted molar refractivity (Wildman–Crippen MR) is 113 cm³/mol. The Balaban J connectivity index is 0.00000363. The third kappa shape index (κ3) is 6.30. The number of hydroxylamine groups is 2. The molecule has 0 radical (unpaired) electrons. The highest BCUT2D eigenvalue weighted by Gasteiger charge is 2.46. The number of hydrogen-bond acceptors (Lipinski definition) is 10. The van der Waals surface area contributed by atoms with Crippen molar-refractivity contribution in [1.29, 1.82) is 0 Å². The molecule has 4 N–H and O–H groups in total. The lowest BCUT2D eigenvalue weighted by Crippen LogP contribution is -2.60. The SMILES string of the molecule is CCOC(=O)NC1C=C(N2CCOCC2)N=C(C2(CC)CCCCO2)N1OS(=O)(=O)O.O. The lowest BCUT2D eigenvalue weighted by Gasteiger charge is -2.45. The van der Waals surface area contributed by atoms with Crippen molar-refractivity contribution < 1.29 is 41.7 Å². The van der Waals surface area contributed by atoms with Crippen LogP contribution in [0.15, 0.2) is 16.9 Å². The number of ether oxygens (including phenoxy) is 3. The molecule has 2 saturated heterocycles. The van der Waals surface area contributed by atoms with Gasteiger partial charge in [0.2, 0.25) is 0 Å². The van der Waals surface area contributed by atoms with E-state index < -0.39 is 28.3 Å². The van der Waals surface area contributed by atoms with Gasteiger partial charge in [-0.1, -0.05) is 6.92 Å². The average Bonchev–Trinajstić information content (AvgIpc) is 2.75. The highest BCUT2D eigenvalue weighted by molar-refractivity contribution is 7.80. The Kier molecular flexibility index (Phi) is 9.24. The maximum atomic E-state index is 12.2. The summed E-state index contributed by atoms with van der Waals surface area (Å²) in [4.78, 5) is 18.8. The Morgan fingerprint density at radius 3 is 2.59 bits per heavy atom. The third-order valence-electron chi connectivity index (χ3n) is 5.37. The maximum Gasteiger partial charge on any atom is 0.418 e. The molecule has 1 amide bonds. The molecule has 3 aliphatic rings. The zero-order valence-electron chi connectivity index (χ0n) is 18.3. The molecular formula is C18H32N4O9S. The van der Waals surface area contributed by atoms with Crippen LogP contribution in [0.2, 0.25) is 0 Å². The van der Waals surface area contributed by atoms with Gasteiger partial charge < -0.3 is 24.6 Å². The molecule has 0 bridgehead atoms. The number of nitrogens with one attached hydrogen (secondary N) is 1. The van der Waals surface area contributed by atoms with Crippen molar-refractivity contribution in [2.75, 3.05) is 39.5 Å². The smallest absolute Gasteiger partial charge is 0.418 e. The fourth-order valence-corrected chi connectivity index (χ4v) is 4.22. The van der Waals surface area contributed by atoms with Crippen molar-refractivity contribution in [1.82, 2.24) is 15.3 Å². The van der Waals surface area contributed by atoms with E-state index in [1.54, 1.807) is 13.0 Å². The second kappa shape index (κ2) is 11.2. The first-order valence-corrected chi connectivity index (χ1v) is 11.8. The van der Waals surface area contributed by atoms with E-state index in [9.17, 15) is 17.8 Å². The predicted octanol–water partition coefficient (Wildman–Crippen LogP) is 0.205. The van der Waals surface area contributed by atoms with E-state index in [0.29, 0.717) is 51.6 Å². The van der Waals surface area contributed by atoms with Gasteiger partial charge in [0.25, 0.3) is 0 Å². The number of amides is 1. The molecular weight excluding hydrogens is 448 g/mol. The van der Waals surface area contributed by atoms with Crippen LogP contribution >= 0.6 is 0 Å². The van der Waals surface area contributed by atoms with E-state index >= 15 is 0 Å². The van der Waals surface area contributed by atoms with Crippen molar-refractivity contribution in [3.8, 4) is 0 Å². The molecule has 3 heterocycles. The summed E-state index contributed by atoms with van der Waals surface area (Å²) in [5, 5.41) is 3.45. The zero-order chi connectivity index (χ0) is 22.5. The van der Waals surface area contributed by atoms with Crippen LogP contribution in [0.1, 0.15) is 39.5 Å². The Morgan fingerprint density at radius 2 is 2.03 bits per heavy atom. The number of rotatable bonds is 7. The second-order valence-corrected chi connectivity index (χ2v) is 8.36. The molecule has 184 valence electrons. The number of alkyl carbamates (subject to hydrolysis) is 1. The number of nitrogens with zero attached hydrogens (tertiary/aromatic N) is 3. The molecule has 0 aromatic rings. The van der Waals surface area contributed by atoms with Crippen LogP contribution in [0, 0.1) is 0 Å². The van der Waals surface area contributed by atoms with Gasteiger partial charge in [-0.2, -0.15) is 13.5 Å². The van der Waals surface area contributed by atoms with Crippen molar-refractivity contribution in [3.05, 3.63) is 11.9 Å². The van der Waals surface area contributed by atoms with E-state index in [4.69, 9.17) is 23.5 Å². The van der Waals surface area contributed by atoms with Crippen LogP contribution in [-0.2, 0) is 28.9 Å². The van der Waals surface area contributed by atoms with Gasteiger partial charge >= 0.3 is 16.5 Å². The number of morpholine rings is 1. The summed E-state index contributed by atoms with van der Waals surface area (Å²) in [6, 6.07) is 0. The fraction of sp³-hybridized carbons (Fsp3) is 0.778.